The van der Waals surface area contributed by atoms with E-state index in [0.29, 0.717) is 17.2 Å². The number of benzene rings is 2. The molecule has 1 aliphatic heterocycles. The minimum atomic E-state index is -0.544. The van der Waals surface area contributed by atoms with Gasteiger partial charge in [0, 0.05) is 16.7 Å². The summed E-state index contributed by atoms with van der Waals surface area (Å²) in [5.74, 6) is 1.12. The highest BCUT2D eigenvalue weighted by Crippen LogP contribution is 2.41. The number of nitrogens with one attached hydrogen (secondary N) is 2. The SMILES string of the molecule is COC1=C(C)NC(C)(C)C(C(C)=O)=C1c1ccc(-c2ccccc2)c(-c2nn[nH]n2)c1. The molecule has 2 aromatic carbocycles. The van der Waals surface area contributed by atoms with E-state index in [0.717, 1.165) is 33.5 Å². The summed E-state index contributed by atoms with van der Waals surface area (Å²) in [6.45, 7) is 7.54. The highest BCUT2D eigenvalue weighted by molar-refractivity contribution is 6.07. The van der Waals surface area contributed by atoms with Crippen LogP contribution in [0.1, 0.15) is 33.3 Å². The van der Waals surface area contributed by atoms with Crippen LogP contribution >= 0.6 is 0 Å². The number of Topliss-reactive ketones (excluding diaryl/α,β-unsaturated/α-hetero) is 1. The van der Waals surface area contributed by atoms with Crippen molar-refractivity contribution in [3.8, 4) is 22.5 Å². The summed E-state index contributed by atoms with van der Waals surface area (Å²) in [5.41, 5.74) is 5.47. The van der Waals surface area contributed by atoms with Gasteiger partial charge >= 0.3 is 0 Å². The van der Waals surface area contributed by atoms with Gasteiger partial charge in [0.1, 0.15) is 5.76 Å². The van der Waals surface area contributed by atoms with Crippen LogP contribution in [0.15, 0.2) is 65.6 Å². The van der Waals surface area contributed by atoms with Gasteiger partial charge in [-0.05, 0) is 55.7 Å². The fourth-order valence-electron chi connectivity index (χ4n) is 4.38. The molecule has 7 heteroatoms. The smallest absolute Gasteiger partial charge is 0.205 e. The molecule has 0 atom stereocenters. The van der Waals surface area contributed by atoms with Gasteiger partial charge < -0.3 is 10.1 Å². The normalized spacial score (nSPS) is 15.6. The van der Waals surface area contributed by atoms with Crippen LogP contribution in [0.5, 0.6) is 0 Å². The quantitative estimate of drug-likeness (QED) is 0.651. The summed E-state index contributed by atoms with van der Waals surface area (Å²) in [5, 5.41) is 18.1. The minimum Gasteiger partial charge on any atom is -0.494 e. The van der Waals surface area contributed by atoms with Crippen LogP contribution in [0, 0.1) is 0 Å². The topological polar surface area (TPSA) is 92.8 Å². The molecule has 31 heavy (non-hydrogen) atoms. The van der Waals surface area contributed by atoms with Gasteiger partial charge in [0.2, 0.25) is 5.82 Å². The van der Waals surface area contributed by atoms with Crippen molar-refractivity contribution in [2.75, 3.05) is 7.11 Å². The van der Waals surface area contributed by atoms with Crippen molar-refractivity contribution >= 4 is 11.4 Å². The van der Waals surface area contributed by atoms with Crippen LogP contribution in [0.3, 0.4) is 0 Å². The summed E-state index contributed by atoms with van der Waals surface area (Å²) in [4.78, 5) is 12.8. The van der Waals surface area contributed by atoms with Gasteiger partial charge in [0.15, 0.2) is 5.78 Å². The fourth-order valence-corrected chi connectivity index (χ4v) is 4.38. The Bertz CT molecular complexity index is 1190. The Morgan fingerprint density at radius 1 is 1.03 bits per heavy atom. The third kappa shape index (κ3) is 3.63. The molecule has 1 aromatic heterocycles. The van der Waals surface area contributed by atoms with Crippen molar-refractivity contribution in [3.05, 3.63) is 71.1 Å². The Balaban J connectivity index is 2.01. The third-order valence-electron chi connectivity index (χ3n) is 5.48. The Morgan fingerprint density at radius 2 is 1.77 bits per heavy atom. The summed E-state index contributed by atoms with van der Waals surface area (Å²) in [7, 11) is 1.62. The van der Waals surface area contributed by atoms with Gasteiger partial charge in [-0.3, -0.25) is 4.79 Å². The van der Waals surface area contributed by atoms with E-state index in [4.69, 9.17) is 4.74 Å². The maximum absolute atomic E-state index is 12.8. The van der Waals surface area contributed by atoms with Crippen molar-refractivity contribution in [1.82, 2.24) is 25.9 Å². The predicted molar refractivity (Wildman–Crippen MR) is 120 cm³/mol. The van der Waals surface area contributed by atoms with E-state index in [1.54, 1.807) is 14.0 Å². The van der Waals surface area contributed by atoms with E-state index in [-0.39, 0.29) is 5.78 Å². The number of allylic oxidation sites excluding steroid dienone is 2. The second kappa shape index (κ2) is 7.83. The lowest BCUT2D eigenvalue weighted by atomic mass is 9.80. The average molecular weight is 415 g/mol. The number of H-pyrrole nitrogens is 1. The molecule has 158 valence electrons. The highest BCUT2D eigenvalue weighted by atomic mass is 16.5. The molecule has 0 bridgehead atoms. The predicted octanol–water partition coefficient (Wildman–Crippen LogP) is 4.14. The zero-order valence-corrected chi connectivity index (χ0v) is 18.3. The monoisotopic (exact) mass is 415 g/mol. The zero-order valence-electron chi connectivity index (χ0n) is 18.3. The van der Waals surface area contributed by atoms with Gasteiger partial charge in [0.05, 0.1) is 18.3 Å². The molecule has 0 aliphatic carbocycles. The van der Waals surface area contributed by atoms with Crippen LogP contribution in [-0.2, 0) is 9.53 Å². The number of methoxy groups -OCH3 is 1. The number of ketones is 1. The number of carbonyl (C=O) groups excluding carboxylic acids is 1. The Labute approximate surface area is 181 Å². The Kier molecular flexibility index (Phi) is 5.19. The van der Waals surface area contributed by atoms with Gasteiger partial charge in [-0.15, -0.1) is 10.2 Å². The molecule has 0 radical (unpaired) electrons. The van der Waals surface area contributed by atoms with Crippen molar-refractivity contribution < 1.29 is 9.53 Å². The molecule has 0 fully saturated rings. The van der Waals surface area contributed by atoms with Gasteiger partial charge in [-0.2, -0.15) is 5.21 Å². The van der Waals surface area contributed by atoms with E-state index < -0.39 is 5.54 Å². The van der Waals surface area contributed by atoms with E-state index in [9.17, 15) is 4.79 Å². The molecule has 3 aromatic rings. The summed E-state index contributed by atoms with van der Waals surface area (Å²) >= 11 is 0. The molecule has 2 N–H and O–H groups in total. The zero-order chi connectivity index (χ0) is 22.2. The van der Waals surface area contributed by atoms with Crippen LogP contribution in [0.4, 0.5) is 0 Å². The number of rotatable bonds is 5. The van der Waals surface area contributed by atoms with Crippen molar-refractivity contribution in [2.45, 2.75) is 33.2 Å². The molecule has 7 nitrogen and oxygen atoms in total. The molecule has 0 unspecified atom stereocenters. The van der Waals surface area contributed by atoms with E-state index in [1.807, 2.05) is 69.3 Å². The molecule has 4 rings (SSSR count). The average Bonchev–Trinajstić information content (AvgIpc) is 3.27. The standard InChI is InChI=1S/C24H25N5O2/c1-14-22(31-5)20(21(15(2)30)24(3,4)25-14)17-11-12-18(16-9-7-6-8-10-16)19(13-17)23-26-28-29-27-23/h6-13,25H,1-5H3,(H,26,27,28,29). The number of dihydropyridines is 1. The number of hydrogen-bond donors (Lipinski definition) is 2. The van der Waals surface area contributed by atoms with Crippen molar-refractivity contribution in [3.63, 3.8) is 0 Å². The summed E-state index contributed by atoms with van der Waals surface area (Å²) in [6, 6.07) is 16.1. The fraction of sp³-hybridized carbons (Fsp3) is 0.250. The second-order valence-corrected chi connectivity index (χ2v) is 8.08. The number of tetrazole rings is 1. The lowest BCUT2D eigenvalue weighted by Gasteiger charge is -2.37. The summed E-state index contributed by atoms with van der Waals surface area (Å²) < 4.78 is 5.75. The van der Waals surface area contributed by atoms with Crippen LogP contribution in [-0.4, -0.2) is 39.1 Å². The molecule has 1 aliphatic rings. The first-order valence-electron chi connectivity index (χ1n) is 10.1. The van der Waals surface area contributed by atoms with Gasteiger partial charge in [-0.25, -0.2) is 0 Å². The highest BCUT2D eigenvalue weighted by Gasteiger charge is 2.37. The molecule has 2 heterocycles. The number of aromatic nitrogens is 4. The number of ether oxygens (including phenoxy) is 1. The first-order chi connectivity index (χ1) is 14.8. The van der Waals surface area contributed by atoms with Crippen LogP contribution in [0.25, 0.3) is 28.1 Å². The number of aromatic amines is 1. The number of carbonyl (C=O) groups is 1. The maximum atomic E-state index is 12.8. The molecule has 0 amide bonds. The summed E-state index contributed by atoms with van der Waals surface area (Å²) in [6.07, 6.45) is 0. The maximum Gasteiger partial charge on any atom is 0.205 e. The van der Waals surface area contributed by atoms with Crippen molar-refractivity contribution in [2.24, 2.45) is 0 Å². The molecular formula is C24H25N5O2. The molecule has 0 saturated carbocycles. The largest absolute Gasteiger partial charge is 0.494 e. The molecular weight excluding hydrogens is 390 g/mol. The Morgan fingerprint density at radius 3 is 2.39 bits per heavy atom. The molecule has 0 saturated heterocycles. The minimum absolute atomic E-state index is 0.0113. The van der Waals surface area contributed by atoms with Gasteiger partial charge in [0.25, 0.3) is 0 Å². The second-order valence-electron chi connectivity index (χ2n) is 8.08. The van der Waals surface area contributed by atoms with E-state index in [1.165, 1.54) is 0 Å². The Hall–Kier alpha value is -3.74. The first-order valence-corrected chi connectivity index (χ1v) is 10.1. The third-order valence-corrected chi connectivity index (χ3v) is 5.48. The van der Waals surface area contributed by atoms with Crippen LogP contribution < -0.4 is 5.32 Å². The lowest BCUT2D eigenvalue weighted by molar-refractivity contribution is -0.114. The molecule has 0 spiro atoms. The van der Waals surface area contributed by atoms with Crippen molar-refractivity contribution in [1.29, 1.82) is 0 Å². The van der Waals surface area contributed by atoms with E-state index >= 15 is 0 Å². The lowest BCUT2D eigenvalue weighted by Crippen LogP contribution is -2.45. The van der Waals surface area contributed by atoms with Crippen LogP contribution in [0.2, 0.25) is 0 Å². The first kappa shape index (κ1) is 20.5. The van der Waals surface area contributed by atoms with E-state index in [2.05, 4.69) is 25.9 Å². The number of hydrogen-bond acceptors (Lipinski definition) is 6. The number of nitrogens with zero attached hydrogens (tertiary/aromatic N) is 3. The van der Waals surface area contributed by atoms with Gasteiger partial charge in [-0.1, -0.05) is 42.5 Å².